The van der Waals surface area contributed by atoms with Gasteiger partial charge in [0.25, 0.3) is 5.91 Å². The van der Waals surface area contributed by atoms with Crippen LogP contribution in [0.15, 0.2) is 24.4 Å². The lowest BCUT2D eigenvalue weighted by Crippen LogP contribution is -2.35. The number of thiophene rings is 1. The third kappa shape index (κ3) is 4.68. The first-order chi connectivity index (χ1) is 18.8. The van der Waals surface area contributed by atoms with Gasteiger partial charge in [0.2, 0.25) is 11.8 Å². The minimum absolute atomic E-state index is 0. The zero-order chi connectivity index (χ0) is 28.7. The first-order valence-corrected chi connectivity index (χ1v) is 13.8. The van der Waals surface area contributed by atoms with Gasteiger partial charge in [-0.25, -0.2) is 4.98 Å². The number of pyridine rings is 2. The third-order valence-electron chi connectivity index (χ3n) is 8.44. The normalized spacial score (nSPS) is 23.2. The smallest absolute Gasteiger partial charge is 0.338 e. The molecule has 3 atom stereocenters. The van der Waals surface area contributed by atoms with Crippen molar-refractivity contribution >= 4 is 51.7 Å². The molecular formula is C28H27ClF4N4O3S. The van der Waals surface area contributed by atoms with Gasteiger partial charge in [-0.3, -0.25) is 28.7 Å². The van der Waals surface area contributed by atoms with E-state index in [0.717, 1.165) is 6.07 Å². The number of halogens is 5. The van der Waals surface area contributed by atoms with Crippen molar-refractivity contribution in [1.82, 2.24) is 19.8 Å². The van der Waals surface area contributed by atoms with Gasteiger partial charge < -0.3 is 4.90 Å². The molecular weight excluding hydrogens is 584 g/mol. The molecule has 3 fully saturated rings. The summed E-state index contributed by atoms with van der Waals surface area (Å²) in [6, 6.07) is 4.07. The second-order valence-electron chi connectivity index (χ2n) is 11.4. The average Bonchev–Trinajstić information content (AvgIpc) is 3.32. The molecule has 41 heavy (non-hydrogen) atoms. The SMILES string of the molecule is Cc1cc(C(F)(F)F)nc(-c2ccnc3cc(CN4C(=O)C5C(C4=O)C5(C)C)sc23)c1C(=O)N1CCC(CF)C1.Cl. The largest absolute Gasteiger partial charge is 0.433 e. The number of likely N-dealkylation sites (tertiary alicyclic amines) is 2. The van der Waals surface area contributed by atoms with Gasteiger partial charge in [-0.2, -0.15) is 13.2 Å². The molecule has 1 saturated carbocycles. The molecule has 3 unspecified atom stereocenters. The first-order valence-electron chi connectivity index (χ1n) is 13.0. The first kappa shape index (κ1) is 29.4. The van der Waals surface area contributed by atoms with E-state index < -0.39 is 24.5 Å². The van der Waals surface area contributed by atoms with Crippen LogP contribution < -0.4 is 0 Å². The van der Waals surface area contributed by atoms with E-state index in [-0.39, 0.29) is 77.3 Å². The van der Waals surface area contributed by atoms with Gasteiger partial charge in [0.05, 0.1) is 46.5 Å². The highest BCUT2D eigenvalue weighted by Gasteiger charge is 2.72. The second kappa shape index (κ2) is 10.0. The molecule has 13 heteroatoms. The van der Waals surface area contributed by atoms with E-state index in [2.05, 4.69) is 9.97 Å². The van der Waals surface area contributed by atoms with E-state index in [4.69, 9.17) is 0 Å². The maximum Gasteiger partial charge on any atom is 0.433 e. The molecule has 218 valence electrons. The Morgan fingerprint density at radius 3 is 2.46 bits per heavy atom. The van der Waals surface area contributed by atoms with Gasteiger partial charge in [0, 0.05) is 35.6 Å². The number of aromatic nitrogens is 2. The molecule has 7 nitrogen and oxygen atoms in total. The number of hydrogen-bond donors (Lipinski definition) is 0. The van der Waals surface area contributed by atoms with Crippen molar-refractivity contribution < 1.29 is 31.9 Å². The van der Waals surface area contributed by atoms with Gasteiger partial charge in [-0.15, -0.1) is 23.7 Å². The van der Waals surface area contributed by atoms with E-state index in [0.29, 0.717) is 33.6 Å². The number of rotatable bonds is 5. The lowest BCUT2D eigenvalue weighted by molar-refractivity contribution is -0.144. The molecule has 0 aromatic carbocycles. The minimum atomic E-state index is -4.74. The molecule has 3 aromatic rings. The summed E-state index contributed by atoms with van der Waals surface area (Å²) in [4.78, 5) is 50.9. The molecule has 2 aliphatic heterocycles. The second-order valence-corrected chi connectivity index (χ2v) is 12.6. The van der Waals surface area contributed by atoms with Crippen molar-refractivity contribution in [2.24, 2.45) is 23.2 Å². The van der Waals surface area contributed by atoms with Gasteiger partial charge in [0.1, 0.15) is 5.69 Å². The maximum atomic E-state index is 13.8. The molecule has 3 aliphatic rings. The zero-order valence-electron chi connectivity index (χ0n) is 22.4. The van der Waals surface area contributed by atoms with Crippen molar-refractivity contribution in [3.63, 3.8) is 0 Å². The lowest BCUT2D eigenvalue weighted by Gasteiger charge is -2.21. The fourth-order valence-corrected chi connectivity index (χ4v) is 7.27. The topological polar surface area (TPSA) is 83.5 Å². The number of aryl methyl sites for hydroxylation is 1. The quantitative estimate of drug-likeness (QED) is 0.274. The molecule has 6 rings (SSSR count). The Kier molecular flexibility index (Phi) is 7.17. The minimum Gasteiger partial charge on any atom is -0.338 e. The lowest BCUT2D eigenvalue weighted by atomic mass is 9.99. The average molecular weight is 611 g/mol. The molecule has 2 saturated heterocycles. The van der Waals surface area contributed by atoms with Crippen LogP contribution in [-0.2, 0) is 22.3 Å². The highest BCUT2D eigenvalue weighted by molar-refractivity contribution is 7.19. The van der Waals surface area contributed by atoms with E-state index in [1.165, 1.54) is 40.3 Å². The number of fused-ring (bicyclic) bond motifs is 2. The van der Waals surface area contributed by atoms with Crippen LogP contribution in [0.25, 0.3) is 21.5 Å². The highest BCUT2D eigenvalue weighted by Crippen LogP contribution is 2.63. The number of hydrogen-bond acceptors (Lipinski definition) is 6. The van der Waals surface area contributed by atoms with Crippen LogP contribution in [0.1, 0.15) is 46.8 Å². The Bertz CT molecular complexity index is 1570. The summed E-state index contributed by atoms with van der Waals surface area (Å²) in [5.74, 6) is -1.89. The van der Waals surface area contributed by atoms with Crippen LogP contribution >= 0.6 is 23.7 Å². The van der Waals surface area contributed by atoms with E-state index >= 15 is 0 Å². The van der Waals surface area contributed by atoms with Crippen molar-refractivity contribution in [3.8, 4) is 11.3 Å². The van der Waals surface area contributed by atoms with Crippen LogP contribution in [0.4, 0.5) is 17.6 Å². The van der Waals surface area contributed by atoms with E-state index in [1.54, 1.807) is 6.07 Å². The number of carbonyl (C=O) groups excluding carboxylic acids is 3. The summed E-state index contributed by atoms with van der Waals surface area (Å²) >= 11 is 1.20. The molecule has 3 amide bonds. The van der Waals surface area contributed by atoms with Crippen LogP contribution in [0.5, 0.6) is 0 Å². The Hall–Kier alpha value is -3.12. The summed E-state index contributed by atoms with van der Waals surface area (Å²) < 4.78 is 55.2. The highest BCUT2D eigenvalue weighted by atomic mass is 35.5. The number of piperidine rings is 1. The van der Waals surface area contributed by atoms with Crippen LogP contribution in [0.3, 0.4) is 0 Å². The Morgan fingerprint density at radius 2 is 1.85 bits per heavy atom. The third-order valence-corrected chi connectivity index (χ3v) is 9.58. The molecule has 5 heterocycles. The van der Waals surface area contributed by atoms with Crippen LogP contribution in [0, 0.1) is 30.1 Å². The van der Waals surface area contributed by atoms with Crippen LogP contribution in [0.2, 0.25) is 0 Å². The predicted molar refractivity (Wildman–Crippen MR) is 146 cm³/mol. The van der Waals surface area contributed by atoms with Gasteiger partial charge in [0.15, 0.2) is 0 Å². The maximum absolute atomic E-state index is 13.8. The van der Waals surface area contributed by atoms with Crippen molar-refractivity contribution in [2.45, 2.75) is 39.9 Å². The summed E-state index contributed by atoms with van der Waals surface area (Å²) in [7, 11) is 0. The van der Waals surface area contributed by atoms with E-state index in [9.17, 15) is 31.9 Å². The molecule has 0 bridgehead atoms. The summed E-state index contributed by atoms with van der Waals surface area (Å²) in [5.41, 5.74) is -0.700. The fraction of sp³-hybridized carbons (Fsp3) is 0.464. The number of amides is 3. The number of nitrogens with zero attached hydrogens (tertiary/aromatic N) is 4. The molecule has 1 aliphatic carbocycles. The molecule has 0 spiro atoms. The van der Waals surface area contributed by atoms with Gasteiger partial charge in [-0.1, -0.05) is 13.8 Å². The van der Waals surface area contributed by atoms with Crippen molar-refractivity contribution in [3.05, 3.63) is 46.1 Å². The molecule has 3 aromatic heterocycles. The monoisotopic (exact) mass is 610 g/mol. The fourth-order valence-electron chi connectivity index (χ4n) is 6.15. The summed E-state index contributed by atoms with van der Waals surface area (Å²) in [6.07, 6.45) is -2.84. The standard InChI is InChI=1S/C28H26F4N4O3S.ClH/c1-13-8-18(28(30,31)32)34-22(19(13)24(37)35-7-5-14(10-29)11-35)16-4-6-33-17-9-15(40-23(16)17)12-36-25(38)20-21(26(36)39)27(20,2)3;/h4,6,8-9,14,20-21H,5,7,10-12H2,1-3H3;1H. The number of imide groups is 1. The van der Waals surface area contributed by atoms with Crippen molar-refractivity contribution in [1.29, 1.82) is 0 Å². The Labute approximate surface area is 243 Å². The van der Waals surface area contributed by atoms with Crippen molar-refractivity contribution in [2.75, 3.05) is 19.8 Å². The number of carbonyl (C=O) groups is 3. The van der Waals surface area contributed by atoms with Gasteiger partial charge >= 0.3 is 6.18 Å². The summed E-state index contributed by atoms with van der Waals surface area (Å²) in [5, 5.41) is 0. The van der Waals surface area contributed by atoms with Gasteiger partial charge in [-0.05, 0) is 42.5 Å². The van der Waals surface area contributed by atoms with Crippen LogP contribution in [-0.4, -0.2) is 57.3 Å². The predicted octanol–water partition coefficient (Wildman–Crippen LogP) is 5.68. The Balaban J connectivity index is 0.00000337. The molecule has 0 radical (unpaired) electrons. The zero-order valence-corrected chi connectivity index (χ0v) is 24.1. The number of alkyl halides is 4. The van der Waals surface area contributed by atoms with E-state index in [1.807, 2.05) is 13.8 Å². The Morgan fingerprint density at radius 1 is 1.17 bits per heavy atom. The summed E-state index contributed by atoms with van der Waals surface area (Å²) in [6.45, 7) is 5.18. The molecule has 0 N–H and O–H groups in total.